The number of amides is 1. The number of carboxylic acids is 1. The summed E-state index contributed by atoms with van der Waals surface area (Å²) in [4.78, 5) is 28.9. The minimum atomic E-state index is -1.20. The van der Waals surface area contributed by atoms with Crippen molar-refractivity contribution in [2.75, 3.05) is 5.32 Å². The highest BCUT2D eigenvalue weighted by atomic mass is 32.1. The summed E-state index contributed by atoms with van der Waals surface area (Å²) < 4.78 is 1.29. The molecule has 0 unspecified atom stereocenters. The number of nitrogens with zero attached hydrogens (tertiary/aromatic N) is 3. The van der Waals surface area contributed by atoms with Crippen LogP contribution in [0.5, 0.6) is 0 Å². The minimum absolute atomic E-state index is 0.140. The van der Waals surface area contributed by atoms with Crippen molar-refractivity contribution in [3.8, 4) is 11.3 Å². The first-order valence-corrected chi connectivity index (χ1v) is 7.88. The van der Waals surface area contributed by atoms with Crippen molar-refractivity contribution in [1.29, 1.82) is 0 Å². The van der Waals surface area contributed by atoms with E-state index in [1.54, 1.807) is 7.05 Å². The van der Waals surface area contributed by atoms with Gasteiger partial charge in [0, 0.05) is 23.7 Å². The van der Waals surface area contributed by atoms with Gasteiger partial charge in [0.2, 0.25) is 0 Å². The number of thiazole rings is 1. The standard InChI is InChI=1S/C16H14N4O3S/c1-9-12(10-6-4-3-5-7-10)17-16(24-9)18-14(21)13-11(15(22)23)8-20(2)19-13/h3-8H,1-2H3,(H,22,23)(H,17,18,21). The maximum atomic E-state index is 12.3. The Bertz CT molecular complexity index is 915. The molecule has 1 aromatic carbocycles. The van der Waals surface area contributed by atoms with Gasteiger partial charge in [0.15, 0.2) is 10.8 Å². The number of benzene rings is 1. The number of carboxylic acid groups (broad SMARTS) is 1. The van der Waals surface area contributed by atoms with E-state index in [-0.39, 0.29) is 11.3 Å². The molecule has 0 bridgehead atoms. The van der Waals surface area contributed by atoms with Crippen LogP contribution in [-0.4, -0.2) is 31.7 Å². The van der Waals surface area contributed by atoms with Crippen LogP contribution in [0.15, 0.2) is 36.5 Å². The second kappa shape index (κ2) is 6.25. The third-order valence-electron chi connectivity index (χ3n) is 3.34. The van der Waals surface area contributed by atoms with Crippen LogP contribution in [0.25, 0.3) is 11.3 Å². The maximum Gasteiger partial charge on any atom is 0.339 e. The van der Waals surface area contributed by atoms with Crippen molar-refractivity contribution in [2.45, 2.75) is 6.92 Å². The highest BCUT2D eigenvalue weighted by Gasteiger charge is 2.22. The zero-order valence-electron chi connectivity index (χ0n) is 13.0. The number of carbonyl (C=O) groups is 2. The van der Waals surface area contributed by atoms with Crippen molar-refractivity contribution >= 4 is 28.3 Å². The van der Waals surface area contributed by atoms with Gasteiger partial charge in [-0.1, -0.05) is 30.3 Å². The van der Waals surface area contributed by atoms with Crippen LogP contribution in [0.2, 0.25) is 0 Å². The molecule has 0 fully saturated rings. The summed E-state index contributed by atoms with van der Waals surface area (Å²) in [6, 6.07) is 9.63. The van der Waals surface area contributed by atoms with E-state index in [1.807, 2.05) is 37.3 Å². The third kappa shape index (κ3) is 3.04. The molecule has 0 spiro atoms. The number of rotatable bonds is 4. The van der Waals surface area contributed by atoms with E-state index < -0.39 is 11.9 Å². The summed E-state index contributed by atoms with van der Waals surface area (Å²) in [6.07, 6.45) is 1.29. The zero-order valence-corrected chi connectivity index (χ0v) is 13.8. The van der Waals surface area contributed by atoms with Crippen molar-refractivity contribution in [3.63, 3.8) is 0 Å². The molecule has 0 saturated heterocycles. The topological polar surface area (TPSA) is 97.1 Å². The first-order chi connectivity index (χ1) is 11.5. The molecule has 2 heterocycles. The van der Waals surface area contributed by atoms with Crippen molar-refractivity contribution < 1.29 is 14.7 Å². The van der Waals surface area contributed by atoms with Crippen LogP contribution >= 0.6 is 11.3 Å². The van der Waals surface area contributed by atoms with Gasteiger partial charge in [-0.15, -0.1) is 11.3 Å². The molecular weight excluding hydrogens is 328 g/mol. The fraction of sp³-hybridized carbons (Fsp3) is 0.125. The summed E-state index contributed by atoms with van der Waals surface area (Å²) in [5.41, 5.74) is 1.46. The van der Waals surface area contributed by atoms with Gasteiger partial charge in [0.1, 0.15) is 5.56 Å². The van der Waals surface area contributed by atoms with Crippen LogP contribution < -0.4 is 5.32 Å². The Morgan fingerprint density at radius 1 is 1.25 bits per heavy atom. The molecule has 8 heteroatoms. The Balaban J connectivity index is 1.87. The molecule has 0 aliphatic heterocycles. The van der Waals surface area contributed by atoms with Crippen molar-refractivity contribution in [3.05, 3.63) is 52.7 Å². The van der Waals surface area contributed by atoms with Crippen molar-refractivity contribution in [2.24, 2.45) is 7.05 Å². The summed E-state index contributed by atoms with van der Waals surface area (Å²) in [6.45, 7) is 1.92. The fourth-order valence-electron chi connectivity index (χ4n) is 2.28. The summed E-state index contributed by atoms with van der Waals surface area (Å²) in [5, 5.41) is 16.1. The van der Waals surface area contributed by atoms with Crippen LogP contribution in [0.4, 0.5) is 5.13 Å². The van der Waals surface area contributed by atoms with Gasteiger partial charge >= 0.3 is 5.97 Å². The maximum absolute atomic E-state index is 12.3. The number of hydrogen-bond donors (Lipinski definition) is 2. The molecule has 122 valence electrons. The monoisotopic (exact) mass is 342 g/mol. The molecule has 3 aromatic rings. The smallest absolute Gasteiger partial charge is 0.339 e. The second-order valence-electron chi connectivity index (χ2n) is 5.11. The van der Waals surface area contributed by atoms with E-state index in [4.69, 9.17) is 5.11 Å². The number of anilines is 1. The molecule has 0 atom stereocenters. The molecule has 0 radical (unpaired) electrons. The van der Waals surface area contributed by atoms with Crippen molar-refractivity contribution in [1.82, 2.24) is 14.8 Å². The predicted octanol–water partition coefficient (Wildman–Crippen LogP) is 2.80. The fourth-order valence-corrected chi connectivity index (χ4v) is 3.11. The quantitative estimate of drug-likeness (QED) is 0.760. The lowest BCUT2D eigenvalue weighted by Crippen LogP contribution is -2.16. The van der Waals surface area contributed by atoms with Crippen LogP contribution in [0.1, 0.15) is 25.7 Å². The van der Waals surface area contributed by atoms with Crippen LogP contribution in [-0.2, 0) is 7.05 Å². The number of hydrogen-bond acceptors (Lipinski definition) is 5. The third-order valence-corrected chi connectivity index (χ3v) is 4.22. The van der Waals surface area contributed by atoms with Gasteiger partial charge in [-0.2, -0.15) is 5.10 Å². The summed E-state index contributed by atoms with van der Waals surface area (Å²) >= 11 is 1.33. The molecule has 0 aliphatic rings. The van der Waals surface area contributed by atoms with Crippen LogP contribution in [0, 0.1) is 6.92 Å². The van der Waals surface area contributed by atoms with Gasteiger partial charge in [-0.25, -0.2) is 9.78 Å². The highest BCUT2D eigenvalue weighted by Crippen LogP contribution is 2.30. The van der Waals surface area contributed by atoms with E-state index in [2.05, 4.69) is 15.4 Å². The Morgan fingerprint density at radius 3 is 2.62 bits per heavy atom. The molecule has 2 N–H and O–H groups in total. The first kappa shape index (κ1) is 15.9. The molecule has 1 amide bonds. The molecule has 0 saturated carbocycles. The Hall–Kier alpha value is -3.00. The number of nitrogens with one attached hydrogen (secondary N) is 1. The van der Waals surface area contributed by atoms with Gasteiger partial charge in [0.25, 0.3) is 5.91 Å². The largest absolute Gasteiger partial charge is 0.478 e. The van der Waals surface area contributed by atoms with E-state index in [0.717, 1.165) is 16.1 Å². The number of aromatic carboxylic acids is 1. The molecule has 0 aliphatic carbocycles. The van der Waals surface area contributed by atoms with E-state index in [1.165, 1.54) is 22.2 Å². The summed E-state index contributed by atoms with van der Waals surface area (Å²) in [5.74, 6) is -1.80. The minimum Gasteiger partial charge on any atom is -0.478 e. The molecule has 24 heavy (non-hydrogen) atoms. The van der Waals surface area contributed by atoms with Gasteiger partial charge in [-0.05, 0) is 6.92 Å². The number of aromatic nitrogens is 3. The van der Waals surface area contributed by atoms with E-state index >= 15 is 0 Å². The van der Waals surface area contributed by atoms with Crippen LogP contribution in [0.3, 0.4) is 0 Å². The predicted molar refractivity (Wildman–Crippen MR) is 90.4 cm³/mol. The average molecular weight is 342 g/mol. The Morgan fingerprint density at radius 2 is 1.96 bits per heavy atom. The Labute approximate surface area is 141 Å². The molecule has 7 nitrogen and oxygen atoms in total. The second-order valence-corrected chi connectivity index (χ2v) is 6.32. The number of carbonyl (C=O) groups excluding carboxylic acids is 1. The van der Waals surface area contributed by atoms with E-state index in [0.29, 0.717) is 5.13 Å². The normalized spacial score (nSPS) is 10.6. The first-order valence-electron chi connectivity index (χ1n) is 7.07. The van der Waals surface area contributed by atoms with Gasteiger partial charge < -0.3 is 5.11 Å². The lowest BCUT2D eigenvalue weighted by Gasteiger charge is -1.99. The Kier molecular flexibility index (Phi) is 4.13. The number of aryl methyl sites for hydroxylation is 2. The van der Waals surface area contributed by atoms with Gasteiger partial charge in [-0.3, -0.25) is 14.8 Å². The SMILES string of the molecule is Cc1sc(NC(=O)c2nn(C)cc2C(=O)O)nc1-c1ccccc1. The molecule has 2 aromatic heterocycles. The summed E-state index contributed by atoms with van der Waals surface area (Å²) in [7, 11) is 1.56. The molecule has 3 rings (SSSR count). The lowest BCUT2D eigenvalue weighted by atomic mass is 10.1. The van der Waals surface area contributed by atoms with Gasteiger partial charge in [0.05, 0.1) is 5.69 Å². The zero-order chi connectivity index (χ0) is 17.3. The van der Waals surface area contributed by atoms with E-state index in [9.17, 15) is 9.59 Å². The average Bonchev–Trinajstić information content (AvgIpc) is 3.11. The molecular formula is C16H14N4O3S. The highest BCUT2D eigenvalue weighted by molar-refractivity contribution is 7.16. The lowest BCUT2D eigenvalue weighted by molar-refractivity contribution is 0.0692.